The van der Waals surface area contributed by atoms with Gasteiger partial charge in [0, 0.05) is 11.8 Å². The van der Waals surface area contributed by atoms with Gasteiger partial charge in [-0.3, -0.25) is 4.57 Å². The molecule has 0 aliphatic carbocycles. The molecule has 3 aromatic carbocycles. The van der Waals surface area contributed by atoms with Crippen molar-refractivity contribution >= 4 is 22.8 Å². The fourth-order valence-corrected chi connectivity index (χ4v) is 3.84. The molecule has 8 heteroatoms. The number of hydrogen-bond donors (Lipinski definition) is 1. The van der Waals surface area contributed by atoms with Gasteiger partial charge in [0.1, 0.15) is 17.0 Å². The molecular weight excluding hydrogens is 430 g/mol. The van der Waals surface area contributed by atoms with E-state index >= 15 is 0 Å². The van der Waals surface area contributed by atoms with Crippen LogP contribution in [0.3, 0.4) is 0 Å². The molecule has 5 rings (SSSR count). The van der Waals surface area contributed by atoms with Gasteiger partial charge in [0.05, 0.1) is 32.6 Å². The van der Waals surface area contributed by atoms with Gasteiger partial charge in [0.2, 0.25) is 5.95 Å². The second-order valence-corrected chi connectivity index (χ2v) is 7.65. The number of imidazole rings is 1. The molecule has 170 valence electrons. The maximum Gasteiger partial charge on any atom is 0.335 e. The smallest absolute Gasteiger partial charge is 0.335 e. The van der Waals surface area contributed by atoms with E-state index in [1.165, 1.54) is 0 Å². The molecule has 0 amide bonds. The molecule has 8 nitrogen and oxygen atoms in total. The van der Waals surface area contributed by atoms with Gasteiger partial charge in [-0.05, 0) is 42.0 Å². The molecule has 0 aliphatic rings. The largest absolute Gasteiger partial charge is 0.497 e. The van der Waals surface area contributed by atoms with E-state index in [0.29, 0.717) is 35.1 Å². The van der Waals surface area contributed by atoms with Crippen molar-refractivity contribution in [2.75, 3.05) is 19.5 Å². The standard InChI is InChI=1S/C26H23N5O3/c1-33-21-12-6-8-18(14-21)17-30-23-16-27-25(28-19-9-4-3-5-10-19)29-24(23)31(26(30)32)20-11-7-13-22(15-20)34-2/h3-16H,17H2,1-2H3,(H,27,28,29). The Hall–Kier alpha value is -4.59. The molecule has 5 aromatic rings. The Labute approximate surface area is 196 Å². The summed E-state index contributed by atoms with van der Waals surface area (Å²) in [5.74, 6) is 1.77. The summed E-state index contributed by atoms with van der Waals surface area (Å²) in [6, 6.07) is 24.6. The van der Waals surface area contributed by atoms with Crippen LogP contribution in [-0.4, -0.2) is 33.3 Å². The minimum absolute atomic E-state index is 0.225. The Balaban J connectivity index is 1.67. The molecule has 0 saturated carbocycles. The average molecular weight is 454 g/mol. The van der Waals surface area contributed by atoms with Gasteiger partial charge in [-0.15, -0.1) is 0 Å². The van der Waals surface area contributed by atoms with E-state index in [-0.39, 0.29) is 5.69 Å². The number of ether oxygens (including phenoxy) is 2. The summed E-state index contributed by atoms with van der Waals surface area (Å²) in [5, 5.41) is 3.20. The van der Waals surface area contributed by atoms with Gasteiger partial charge in [0.15, 0.2) is 5.65 Å². The van der Waals surface area contributed by atoms with Crippen LogP contribution >= 0.6 is 0 Å². The van der Waals surface area contributed by atoms with Crippen LogP contribution in [0.25, 0.3) is 16.9 Å². The van der Waals surface area contributed by atoms with Gasteiger partial charge in [0.25, 0.3) is 0 Å². The van der Waals surface area contributed by atoms with E-state index in [0.717, 1.165) is 17.0 Å². The Bertz CT molecular complexity index is 1510. The first kappa shape index (κ1) is 21.3. The number of para-hydroxylation sites is 1. The number of fused-ring (bicyclic) bond motifs is 1. The first-order valence-electron chi connectivity index (χ1n) is 10.7. The van der Waals surface area contributed by atoms with Gasteiger partial charge >= 0.3 is 5.69 Å². The summed E-state index contributed by atoms with van der Waals surface area (Å²) in [6.45, 7) is 0.346. The third kappa shape index (κ3) is 4.09. The molecule has 0 radical (unpaired) electrons. The lowest BCUT2D eigenvalue weighted by atomic mass is 10.2. The Morgan fingerprint density at radius 2 is 1.62 bits per heavy atom. The number of hydrogen-bond acceptors (Lipinski definition) is 6. The van der Waals surface area contributed by atoms with Crippen molar-refractivity contribution < 1.29 is 9.47 Å². The van der Waals surface area contributed by atoms with Crippen molar-refractivity contribution in [2.24, 2.45) is 0 Å². The Kier molecular flexibility index (Phi) is 5.70. The predicted molar refractivity (Wildman–Crippen MR) is 131 cm³/mol. The molecule has 0 unspecified atom stereocenters. The Morgan fingerprint density at radius 1 is 0.882 bits per heavy atom. The van der Waals surface area contributed by atoms with Gasteiger partial charge in [-0.1, -0.05) is 36.4 Å². The van der Waals surface area contributed by atoms with Crippen molar-refractivity contribution in [3.8, 4) is 17.2 Å². The van der Waals surface area contributed by atoms with E-state index in [1.54, 1.807) is 29.6 Å². The quantitative estimate of drug-likeness (QED) is 0.394. The zero-order chi connectivity index (χ0) is 23.5. The molecule has 0 atom stereocenters. The number of rotatable bonds is 7. The van der Waals surface area contributed by atoms with Gasteiger partial charge in [-0.25, -0.2) is 14.3 Å². The fraction of sp³-hybridized carbons (Fsp3) is 0.115. The van der Waals surface area contributed by atoms with Gasteiger partial charge < -0.3 is 14.8 Å². The van der Waals surface area contributed by atoms with Crippen LogP contribution in [0.1, 0.15) is 5.56 Å². The van der Waals surface area contributed by atoms with Crippen LogP contribution in [0.15, 0.2) is 89.9 Å². The van der Waals surface area contributed by atoms with Crippen molar-refractivity contribution in [2.45, 2.75) is 6.54 Å². The van der Waals surface area contributed by atoms with Crippen LogP contribution in [0.2, 0.25) is 0 Å². The highest BCUT2D eigenvalue weighted by Crippen LogP contribution is 2.23. The zero-order valence-electron chi connectivity index (χ0n) is 18.8. The SMILES string of the molecule is COc1cccc(Cn2c(=O)n(-c3cccc(OC)c3)c3nc(Nc4ccccc4)ncc32)c1. The predicted octanol–water partition coefficient (Wildman–Crippen LogP) is 4.39. The summed E-state index contributed by atoms with van der Waals surface area (Å²) < 4.78 is 14.0. The number of methoxy groups -OCH3 is 2. The van der Waals surface area contributed by atoms with E-state index in [2.05, 4.69) is 10.3 Å². The lowest BCUT2D eigenvalue weighted by Gasteiger charge is -2.07. The van der Waals surface area contributed by atoms with Crippen molar-refractivity contribution in [1.29, 1.82) is 0 Å². The van der Waals surface area contributed by atoms with Crippen LogP contribution in [-0.2, 0) is 6.54 Å². The summed E-state index contributed by atoms with van der Waals surface area (Å²) in [7, 11) is 3.22. The lowest BCUT2D eigenvalue weighted by molar-refractivity contribution is 0.414. The summed E-state index contributed by atoms with van der Waals surface area (Å²) >= 11 is 0. The maximum atomic E-state index is 13.7. The molecule has 0 aliphatic heterocycles. The summed E-state index contributed by atoms with van der Waals surface area (Å²) in [5.41, 5.74) is 3.33. The van der Waals surface area contributed by atoms with E-state index < -0.39 is 0 Å². The van der Waals surface area contributed by atoms with E-state index in [9.17, 15) is 4.79 Å². The number of anilines is 2. The molecule has 0 spiro atoms. The van der Waals surface area contributed by atoms with E-state index in [4.69, 9.17) is 14.5 Å². The summed E-state index contributed by atoms with van der Waals surface area (Å²) in [6.07, 6.45) is 1.67. The second kappa shape index (κ2) is 9.11. The number of nitrogens with one attached hydrogen (secondary N) is 1. The highest BCUT2D eigenvalue weighted by atomic mass is 16.5. The topological polar surface area (TPSA) is 83.2 Å². The van der Waals surface area contributed by atoms with Crippen LogP contribution < -0.4 is 20.5 Å². The second-order valence-electron chi connectivity index (χ2n) is 7.65. The third-order valence-electron chi connectivity index (χ3n) is 5.49. The van der Waals surface area contributed by atoms with Crippen LogP contribution in [0.4, 0.5) is 11.6 Å². The highest BCUT2D eigenvalue weighted by Gasteiger charge is 2.18. The van der Waals surface area contributed by atoms with Gasteiger partial charge in [-0.2, -0.15) is 4.98 Å². The molecule has 34 heavy (non-hydrogen) atoms. The van der Waals surface area contributed by atoms with Crippen molar-refractivity contribution in [3.05, 3.63) is 101 Å². The molecule has 2 heterocycles. The maximum absolute atomic E-state index is 13.7. The summed E-state index contributed by atoms with van der Waals surface area (Å²) in [4.78, 5) is 22.9. The first-order valence-corrected chi connectivity index (χ1v) is 10.7. The normalized spacial score (nSPS) is 10.9. The fourth-order valence-electron chi connectivity index (χ4n) is 3.84. The monoisotopic (exact) mass is 453 g/mol. The van der Waals surface area contributed by atoms with Crippen LogP contribution in [0.5, 0.6) is 11.5 Å². The number of benzene rings is 3. The Morgan fingerprint density at radius 3 is 2.38 bits per heavy atom. The third-order valence-corrected chi connectivity index (χ3v) is 5.49. The molecular formula is C26H23N5O3. The zero-order valence-corrected chi connectivity index (χ0v) is 18.8. The minimum Gasteiger partial charge on any atom is -0.497 e. The highest BCUT2D eigenvalue weighted by molar-refractivity contribution is 5.75. The minimum atomic E-state index is -0.225. The number of aromatic nitrogens is 4. The molecule has 0 saturated heterocycles. The average Bonchev–Trinajstić information content (AvgIpc) is 3.15. The molecule has 1 N–H and O–H groups in total. The number of nitrogens with zero attached hydrogens (tertiary/aromatic N) is 4. The molecule has 2 aromatic heterocycles. The van der Waals surface area contributed by atoms with Crippen molar-refractivity contribution in [3.63, 3.8) is 0 Å². The first-order chi connectivity index (χ1) is 16.7. The van der Waals surface area contributed by atoms with E-state index in [1.807, 2.05) is 78.9 Å². The van der Waals surface area contributed by atoms with Crippen molar-refractivity contribution in [1.82, 2.24) is 19.1 Å². The molecule has 0 fully saturated rings. The lowest BCUT2D eigenvalue weighted by Crippen LogP contribution is -2.23. The molecule has 0 bridgehead atoms. The van der Waals surface area contributed by atoms with Crippen LogP contribution in [0, 0.1) is 0 Å².